The summed E-state index contributed by atoms with van der Waals surface area (Å²) in [6.45, 7) is 4.24. The van der Waals surface area contributed by atoms with E-state index in [4.69, 9.17) is 0 Å². The number of ketones is 1. The molecule has 1 amide bonds. The number of Topliss-reactive ketones (excluding diaryl/α,β-unsaturated/α-hetero) is 1. The predicted molar refractivity (Wildman–Crippen MR) is 82.7 cm³/mol. The largest absolute Gasteiger partial charge is 0.317 e. The minimum absolute atomic E-state index is 0.0772. The predicted octanol–water partition coefficient (Wildman–Crippen LogP) is 2.17. The van der Waals surface area contributed by atoms with E-state index in [1.54, 1.807) is 6.92 Å². The van der Waals surface area contributed by atoms with Crippen molar-refractivity contribution in [3.05, 3.63) is 29.3 Å². The molecule has 3 rings (SSSR count). The van der Waals surface area contributed by atoms with Gasteiger partial charge in [-0.15, -0.1) is 0 Å². The van der Waals surface area contributed by atoms with Crippen molar-refractivity contribution in [3.8, 4) is 0 Å². The third-order valence-electron chi connectivity index (χ3n) is 4.57. The van der Waals surface area contributed by atoms with Gasteiger partial charge in [-0.3, -0.25) is 9.59 Å². The van der Waals surface area contributed by atoms with E-state index < -0.39 is 0 Å². The molecular weight excluding hydrogens is 264 g/mol. The van der Waals surface area contributed by atoms with Crippen molar-refractivity contribution in [3.63, 3.8) is 0 Å². The van der Waals surface area contributed by atoms with Crippen LogP contribution < -0.4 is 10.2 Å². The van der Waals surface area contributed by atoms with Crippen LogP contribution in [0.5, 0.6) is 0 Å². The molecule has 0 aromatic heterocycles. The molecule has 21 heavy (non-hydrogen) atoms. The number of rotatable bonds is 2. The van der Waals surface area contributed by atoms with E-state index in [2.05, 4.69) is 5.32 Å². The fraction of sp³-hybridized carbons (Fsp3) is 0.529. The number of carbonyl (C=O) groups is 2. The Hall–Kier alpha value is -1.68. The van der Waals surface area contributed by atoms with E-state index in [1.807, 2.05) is 23.1 Å². The van der Waals surface area contributed by atoms with Gasteiger partial charge in [0.15, 0.2) is 5.78 Å². The van der Waals surface area contributed by atoms with Gasteiger partial charge in [-0.25, -0.2) is 0 Å². The van der Waals surface area contributed by atoms with Crippen LogP contribution in [0.4, 0.5) is 5.69 Å². The van der Waals surface area contributed by atoms with Gasteiger partial charge >= 0.3 is 0 Å². The first-order valence-electron chi connectivity index (χ1n) is 7.83. The minimum Gasteiger partial charge on any atom is -0.317 e. The number of anilines is 1. The van der Waals surface area contributed by atoms with Crippen LogP contribution in [0.25, 0.3) is 0 Å². The number of aryl methyl sites for hydroxylation is 1. The molecule has 4 heteroatoms. The molecule has 0 atom stereocenters. The van der Waals surface area contributed by atoms with Crippen LogP contribution >= 0.6 is 0 Å². The highest BCUT2D eigenvalue weighted by atomic mass is 16.2. The number of nitrogens with one attached hydrogen (secondary N) is 1. The summed E-state index contributed by atoms with van der Waals surface area (Å²) in [4.78, 5) is 26.1. The summed E-state index contributed by atoms with van der Waals surface area (Å²) in [7, 11) is 0. The summed E-state index contributed by atoms with van der Waals surface area (Å²) in [5.41, 5.74) is 2.93. The number of nitrogens with zero attached hydrogens (tertiary/aromatic N) is 1. The highest BCUT2D eigenvalue weighted by Crippen LogP contribution is 2.29. The van der Waals surface area contributed by atoms with Crippen LogP contribution in [0.1, 0.15) is 42.1 Å². The molecule has 112 valence electrons. The number of piperidine rings is 1. The molecule has 0 bridgehead atoms. The molecule has 1 saturated heterocycles. The summed E-state index contributed by atoms with van der Waals surface area (Å²) in [6.07, 6.45) is 3.77. The molecule has 0 unspecified atom stereocenters. The maximum Gasteiger partial charge on any atom is 0.223 e. The number of benzene rings is 1. The lowest BCUT2D eigenvalue weighted by molar-refractivity contribution is -0.116. The summed E-state index contributed by atoms with van der Waals surface area (Å²) < 4.78 is 0. The van der Waals surface area contributed by atoms with Crippen molar-refractivity contribution < 1.29 is 9.59 Å². The number of hydrogen-bond donors (Lipinski definition) is 1. The molecule has 1 aromatic carbocycles. The lowest BCUT2D eigenvalue weighted by Crippen LogP contribution is -2.34. The first kappa shape index (κ1) is 14.3. The van der Waals surface area contributed by atoms with Gasteiger partial charge in [0.25, 0.3) is 0 Å². The smallest absolute Gasteiger partial charge is 0.223 e. The Labute approximate surface area is 125 Å². The van der Waals surface area contributed by atoms with Crippen molar-refractivity contribution in [1.29, 1.82) is 0 Å². The normalized spacial score (nSPS) is 19.2. The maximum absolute atomic E-state index is 12.6. The Morgan fingerprint density at radius 1 is 1.24 bits per heavy atom. The summed E-state index contributed by atoms with van der Waals surface area (Å²) >= 11 is 0. The lowest BCUT2D eigenvalue weighted by Gasteiger charge is -2.29. The lowest BCUT2D eigenvalue weighted by atomic mass is 9.88. The number of fused-ring (bicyclic) bond motifs is 1. The van der Waals surface area contributed by atoms with E-state index in [1.165, 1.54) is 0 Å². The molecular formula is C17H22N2O2. The molecule has 2 aliphatic rings. The Morgan fingerprint density at radius 2 is 2.00 bits per heavy atom. The van der Waals surface area contributed by atoms with Gasteiger partial charge in [0, 0.05) is 30.6 Å². The summed E-state index contributed by atoms with van der Waals surface area (Å²) in [5, 5.41) is 3.29. The Kier molecular flexibility index (Phi) is 4.06. The van der Waals surface area contributed by atoms with Gasteiger partial charge in [0.05, 0.1) is 0 Å². The summed E-state index contributed by atoms with van der Waals surface area (Å²) in [5.74, 6) is 0.490. The zero-order valence-corrected chi connectivity index (χ0v) is 12.5. The topological polar surface area (TPSA) is 49.4 Å². The monoisotopic (exact) mass is 286 g/mol. The van der Waals surface area contributed by atoms with Gasteiger partial charge in [0.1, 0.15) is 0 Å². The van der Waals surface area contributed by atoms with E-state index in [0.717, 1.165) is 62.1 Å². The van der Waals surface area contributed by atoms with Crippen LogP contribution in [0.3, 0.4) is 0 Å². The van der Waals surface area contributed by atoms with Crippen LogP contribution in [-0.2, 0) is 11.2 Å². The SMILES string of the molecule is CC(=O)N1CCCc2cc(C(=O)C3CCNCC3)ccc21. The van der Waals surface area contributed by atoms with Crippen molar-refractivity contribution in [2.75, 3.05) is 24.5 Å². The van der Waals surface area contributed by atoms with Gasteiger partial charge in [-0.2, -0.15) is 0 Å². The van der Waals surface area contributed by atoms with Gasteiger partial charge in [0.2, 0.25) is 5.91 Å². The fourth-order valence-electron chi connectivity index (χ4n) is 3.40. The molecule has 1 aromatic rings. The van der Waals surface area contributed by atoms with E-state index in [9.17, 15) is 9.59 Å². The van der Waals surface area contributed by atoms with Crippen molar-refractivity contribution in [2.24, 2.45) is 5.92 Å². The van der Waals surface area contributed by atoms with Crippen LogP contribution in [-0.4, -0.2) is 31.3 Å². The standard InChI is InChI=1S/C17H22N2O2/c1-12(20)19-10-2-3-14-11-15(4-5-16(14)19)17(21)13-6-8-18-9-7-13/h4-5,11,13,18H,2-3,6-10H2,1H3. The van der Waals surface area contributed by atoms with E-state index in [0.29, 0.717) is 0 Å². The quantitative estimate of drug-likeness (QED) is 0.848. The molecule has 0 aliphatic carbocycles. The third-order valence-corrected chi connectivity index (χ3v) is 4.57. The second-order valence-electron chi connectivity index (χ2n) is 6.01. The molecule has 4 nitrogen and oxygen atoms in total. The highest BCUT2D eigenvalue weighted by Gasteiger charge is 2.25. The minimum atomic E-state index is 0.0772. The molecule has 0 spiro atoms. The Morgan fingerprint density at radius 3 is 2.71 bits per heavy atom. The van der Waals surface area contributed by atoms with Crippen LogP contribution in [0, 0.1) is 5.92 Å². The molecule has 0 saturated carbocycles. The molecule has 2 heterocycles. The first-order valence-corrected chi connectivity index (χ1v) is 7.83. The van der Waals surface area contributed by atoms with Crippen LogP contribution in [0.15, 0.2) is 18.2 Å². The molecule has 1 N–H and O–H groups in total. The summed E-state index contributed by atoms with van der Waals surface area (Å²) in [6, 6.07) is 5.85. The van der Waals surface area contributed by atoms with E-state index in [-0.39, 0.29) is 17.6 Å². The Balaban J connectivity index is 1.85. The first-order chi connectivity index (χ1) is 10.2. The molecule has 1 fully saturated rings. The average molecular weight is 286 g/mol. The zero-order valence-electron chi connectivity index (χ0n) is 12.5. The van der Waals surface area contributed by atoms with Crippen LogP contribution in [0.2, 0.25) is 0 Å². The van der Waals surface area contributed by atoms with Gasteiger partial charge < -0.3 is 10.2 Å². The number of amides is 1. The average Bonchev–Trinajstić information content (AvgIpc) is 2.53. The van der Waals surface area contributed by atoms with Crippen molar-refractivity contribution in [2.45, 2.75) is 32.6 Å². The number of hydrogen-bond acceptors (Lipinski definition) is 3. The second-order valence-corrected chi connectivity index (χ2v) is 6.01. The third kappa shape index (κ3) is 2.86. The van der Waals surface area contributed by atoms with Gasteiger partial charge in [-0.05, 0) is 62.5 Å². The van der Waals surface area contributed by atoms with Crippen molar-refractivity contribution >= 4 is 17.4 Å². The maximum atomic E-state index is 12.6. The molecule has 2 aliphatic heterocycles. The zero-order chi connectivity index (χ0) is 14.8. The second kappa shape index (κ2) is 5.98. The Bertz CT molecular complexity index is 562. The highest BCUT2D eigenvalue weighted by molar-refractivity contribution is 5.99. The van der Waals surface area contributed by atoms with E-state index >= 15 is 0 Å². The molecule has 0 radical (unpaired) electrons. The number of carbonyl (C=O) groups excluding carboxylic acids is 2. The fourth-order valence-corrected chi connectivity index (χ4v) is 3.40. The van der Waals surface area contributed by atoms with Crippen molar-refractivity contribution in [1.82, 2.24) is 5.32 Å². The van der Waals surface area contributed by atoms with Gasteiger partial charge in [-0.1, -0.05) is 0 Å².